The molecule has 2 aromatic rings. The summed E-state index contributed by atoms with van der Waals surface area (Å²) in [5, 5.41) is 4.54. The van der Waals surface area contributed by atoms with Crippen molar-refractivity contribution in [1.82, 2.24) is 20.2 Å². The van der Waals surface area contributed by atoms with Crippen molar-refractivity contribution in [2.75, 3.05) is 13.2 Å². The molecule has 2 aliphatic rings. The fourth-order valence-electron chi connectivity index (χ4n) is 3.64. The van der Waals surface area contributed by atoms with Crippen molar-refractivity contribution in [1.29, 1.82) is 0 Å². The van der Waals surface area contributed by atoms with Crippen LogP contribution in [-0.2, 0) is 24.3 Å². The third-order valence-electron chi connectivity index (χ3n) is 5.05. The molecule has 7 nitrogen and oxygen atoms in total. The van der Waals surface area contributed by atoms with Crippen LogP contribution in [0.25, 0.3) is 0 Å². The average Bonchev–Trinajstić information content (AvgIpc) is 2.88. The molecule has 2 amide bonds. The molecule has 0 fully saturated rings. The molecule has 0 aliphatic carbocycles. The van der Waals surface area contributed by atoms with Gasteiger partial charge in [-0.1, -0.05) is 0 Å². The summed E-state index contributed by atoms with van der Waals surface area (Å²) in [6.45, 7) is 2.48. The van der Waals surface area contributed by atoms with Crippen molar-refractivity contribution in [3.63, 3.8) is 0 Å². The molecule has 1 unspecified atom stereocenters. The number of carbonyl (C=O) groups excluding carboxylic acids is 1. The van der Waals surface area contributed by atoms with E-state index in [9.17, 15) is 18.0 Å². The number of amides is 2. The second-order valence-electron chi connectivity index (χ2n) is 6.64. The summed E-state index contributed by atoms with van der Waals surface area (Å²) in [4.78, 5) is 18.4. The largest absolute Gasteiger partial charge is 0.351 e. The normalized spacial score (nSPS) is 19.4. The molecule has 27 heavy (non-hydrogen) atoms. The number of nitrogens with one attached hydrogen (secondary N) is 1. The quantitative estimate of drug-likeness (QED) is 0.736. The Morgan fingerprint density at radius 3 is 2.85 bits per heavy atom. The van der Waals surface area contributed by atoms with Crippen LogP contribution in [0.2, 0.25) is 0 Å². The Morgan fingerprint density at radius 1 is 1.33 bits per heavy atom. The number of hydroxylamine groups is 1. The topological polar surface area (TPSA) is 85.4 Å². The number of benzene rings is 1. The summed E-state index contributed by atoms with van der Waals surface area (Å²) in [5.74, 6) is -3.23. The zero-order valence-corrected chi connectivity index (χ0v) is 14.6. The Kier molecular flexibility index (Phi) is 4.31. The van der Waals surface area contributed by atoms with Gasteiger partial charge in [0.25, 0.3) is 0 Å². The molecule has 1 aromatic heterocycles. The van der Waals surface area contributed by atoms with Crippen LogP contribution < -0.4 is 11.2 Å². The van der Waals surface area contributed by atoms with Crippen LogP contribution in [0.4, 0.5) is 18.0 Å². The lowest BCUT2D eigenvalue weighted by Gasteiger charge is -2.27. The van der Waals surface area contributed by atoms with Crippen LogP contribution in [0.15, 0.2) is 6.07 Å². The average molecular weight is 381 g/mol. The number of nitrogens with two attached hydrogens (primary N) is 1. The highest BCUT2D eigenvalue weighted by atomic mass is 19.2. The van der Waals surface area contributed by atoms with Gasteiger partial charge >= 0.3 is 6.03 Å². The fourth-order valence-corrected chi connectivity index (χ4v) is 3.64. The number of primary amides is 1. The molecule has 144 valence electrons. The molecule has 1 atom stereocenters. The number of rotatable bonds is 1. The van der Waals surface area contributed by atoms with Crippen LogP contribution >= 0.6 is 0 Å². The van der Waals surface area contributed by atoms with Crippen LogP contribution in [0.1, 0.15) is 34.1 Å². The Balaban J connectivity index is 1.87. The van der Waals surface area contributed by atoms with E-state index in [1.807, 2.05) is 0 Å². The lowest BCUT2D eigenvalue weighted by atomic mass is 9.95. The minimum absolute atomic E-state index is 0.0894. The molecule has 3 N–H and O–H groups in total. The van der Waals surface area contributed by atoms with Crippen molar-refractivity contribution in [2.45, 2.75) is 32.5 Å². The molecule has 2 aliphatic heterocycles. The summed E-state index contributed by atoms with van der Waals surface area (Å²) in [7, 11) is 0. The van der Waals surface area contributed by atoms with E-state index in [0.717, 1.165) is 11.8 Å². The lowest BCUT2D eigenvalue weighted by Crippen LogP contribution is -2.40. The third-order valence-corrected chi connectivity index (χ3v) is 5.05. The van der Waals surface area contributed by atoms with Crippen molar-refractivity contribution in [3.8, 4) is 0 Å². The van der Waals surface area contributed by atoms with Gasteiger partial charge in [0, 0.05) is 29.7 Å². The van der Waals surface area contributed by atoms with E-state index in [1.54, 1.807) is 4.68 Å². The molecular weight excluding hydrogens is 363 g/mol. The molecule has 0 saturated heterocycles. The predicted octanol–water partition coefficient (Wildman–Crippen LogP) is 1.67. The standard InChI is InChI=1S/C17H18F3N5O2/c1-8-13(19)9(6-11(18)14(8)20)15-16-10-7-24(17(21)26)3-2-12(10)22-25(16)4-5-27-23-15/h6,15,23H,2-5,7H2,1H3,(H2,21,26). The molecule has 0 radical (unpaired) electrons. The Bertz CT molecular complexity index is 930. The number of aromatic nitrogens is 2. The van der Waals surface area contributed by atoms with Gasteiger partial charge in [-0.2, -0.15) is 10.6 Å². The zero-order valence-electron chi connectivity index (χ0n) is 14.6. The molecule has 1 aromatic carbocycles. The minimum Gasteiger partial charge on any atom is -0.351 e. The maximum Gasteiger partial charge on any atom is 0.315 e. The number of fused-ring (bicyclic) bond motifs is 3. The van der Waals surface area contributed by atoms with Gasteiger partial charge in [0.05, 0.1) is 31.1 Å². The van der Waals surface area contributed by atoms with E-state index < -0.39 is 35.1 Å². The number of halogens is 3. The maximum atomic E-state index is 14.8. The smallest absolute Gasteiger partial charge is 0.315 e. The summed E-state index contributed by atoms with van der Waals surface area (Å²) in [6.07, 6.45) is 0.505. The summed E-state index contributed by atoms with van der Waals surface area (Å²) < 4.78 is 44.2. The molecule has 3 heterocycles. The lowest BCUT2D eigenvalue weighted by molar-refractivity contribution is 0.0285. The van der Waals surface area contributed by atoms with Crippen molar-refractivity contribution >= 4 is 6.03 Å². The highest BCUT2D eigenvalue weighted by Crippen LogP contribution is 2.34. The van der Waals surface area contributed by atoms with Crippen molar-refractivity contribution in [2.24, 2.45) is 5.73 Å². The van der Waals surface area contributed by atoms with Crippen molar-refractivity contribution in [3.05, 3.63) is 51.6 Å². The van der Waals surface area contributed by atoms with Gasteiger partial charge in [-0.05, 0) is 13.0 Å². The number of nitrogens with zero attached hydrogens (tertiary/aromatic N) is 3. The number of hydrogen-bond donors (Lipinski definition) is 2. The van der Waals surface area contributed by atoms with E-state index in [0.29, 0.717) is 30.8 Å². The van der Waals surface area contributed by atoms with Gasteiger partial charge in [0.1, 0.15) is 11.9 Å². The number of urea groups is 1. The fraction of sp³-hybridized carbons (Fsp3) is 0.412. The maximum absolute atomic E-state index is 14.8. The third kappa shape index (κ3) is 2.85. The summed E-state index contributed by atoms with van der Waals surface area (Å²) in [6, 6.07) is -0.655. The highest BCUT2D eigenvalue weighted by Gasteiger charge is 2.34. The van der Waals surface area contributed by atoms with Gasteiger partial charge in [-0.3, -0.25) is 9.52 Å². The number of carbonyl (C=O) groups is 1. The van der Waals surface area contributed by atoms with Crippen LogP contribution in [0.5, 0.6) is 0 Å². The molecule has 10 heteroatoms. The van der Waals surface area contributed by atoms with E-state index in [4.69, 9.17) is 10.6 Å². The highest BCUT2D eigenvalue weighted by molar-refractivity contribution is 5.72. The van der Waals surface area contributed by atoms with E-state index in [2.05, 4.69) is 10.6 Å². The SMILES string of the molecule is Cc1c(F)c(F)cc(C2NOCCn3nc4c(c32)CN(C(N)=O)CC4)c1F. The van der Waals surface area contributed by atoms with Crippen molar-refractivity contribution < 1.29 is 22.8 Å². The minimum atomic E-state index is -1.22. The van der Waals surface area contributed by atoms with Crippen LogP contribution in [0.3, 0.4) is 0 Å². The molecular formula is C17H18F3N5O2. The summed E-state index contributed by atoms with van der Waals surface area (Å²) >= 11 is 0. The summed E-state index contributed by atoms with van der Waals surface area (Å²) in [5.41, 5.74) is 9.66. The molecule has 0 saturated carbocycles. The van der Waals surface area contributed by atoms with Gasteiger partial charge in [0.15, 0.2) is 11.6 Å². The first kappa shape index (κ1) is 17.8. The zero-order chi connectivity index (χ0) is 19.3. The predicted molar refractivity (Wildman–Crippen MR) is 87.9 cm³/mol. The molecule has 4 rings (SSSR count). The first-order valence-corrected chi connectivity index (χ1v) is 8.52. The van der Waals surface area contributed by atoms with Crippen LogP contribution in [0, 0.1) is 24.4 Å². The molecule has 0 bridgehead atoms. The second-order valence-corrected chi connectivity index (χ2v) is 6.64. The van der Waals surface area contributed by atoms with E-state index in [-0.39, 0.29) is 18.7 Å². The van der Waals surface area contributed by atoms with Gasteiger partial charge in [0.2, 0.25) is 0 Å². The Morgan fingerprint density at radius 2 is 2.11 bits per heavy atom. The first-order valence-electron chi connectivity index (χ1n) is 8.52. The monoisotopic (exact) mass is 381 g/mol. The van der Waals surface area contributed by atoms with Crippen LogP contribution in [-0.4, -0.2) is 33.9 Å². The van der Waals surface area contributed by atoms with E-state index >= 15 is 0 Å². The Labute approximate surface area is 152 Å². The molecule has 0 spiro atoms. The second kappa shape index (κ2) is 6.54. The Hall–Kier alpha value is -2.59. The van der Waals surface area contributed by atoms with Gasteiger partial charge in [-0.15, -0.1) is 0 Å². The van der Waals surface area contributed by atoms with E-state index in [1.165, 1.54) is 11.8 Å². The van der Waals surface area contributed by atoms with Gasteiger partial charge < -0.3 is 10.6 Å². The van der Waals surface area contributed by atoms with Gasteiger partial charge in [-0.25, -0.2) is 18.0 Å². The number of hydrogen-bond acceptors (Lipinski definition) is 4. The first-order chi connectivity index (χ1) is 12.9.